The van der Waals surface area contributed by atoms with Crippen molar-refractivity contribution in [2.45, 2.75) is 65.1 Å². The highest BCUT2D eigenvalue weighted by Gasteiger charge is 2.42. The number of carbonyl (C=O) groups excluding carboxylic acids is 3. The van der Waals surface area contributed by atoms with Crippen molar-refractivity contribution < 1.29 is 14.4 Å². The van der Waals surface area contributed by atoms with Gasteiger partial charge in [0.15, 0.2) is 0 Å². The van der Waals surface area contributed by atoms with Crippen LogP contribution < -0.4 is 16.0 Å². The standard InChI is InChI=1S/C31H40N4O3S/c1-31(2,3)30(38)35(29(37)26-12-6-16-33-26)27(20-22-13-14-23-9-4-5-10-24(23)19-22)28(36)34-17-8-15-32-21-25-11-7-18-39-25/h4-5,7,9-11,13-14,18-19,26-27,32-33H,6,8,12,15-17,20-21H2,1-3H3,(H,34,36)/t26-,27+/m0/s1. The van der Waals surface area contributed by atoms with Crippen LogP contribution in [-0.4, -0.2) is 54.3 Å². The summed E-state index contributed by atoms with van der Waals surface area (Å²) in [6.07, 6.45) is 2.53. The predicted octanol–water partition coefficient (Wildman–Crippen LogP) is 4.26. The van der Waals surface area contributed by atoms with Crippen molar-refractivity contribution in [3.63, 3.8) is 0 Å². The van der Waals surface area contributed by atoms with Gasteiger partial charge in [0, 0.05) is 29.8 Å². The summed E-state index contributed by atoms with van der Waals surface area (Å²) in [5.41, 5.74) is 0.0902. The smallest absolute Gasteiger partial charge is 0.247 e. The monoisotopic (exact) mass is 548 g/mol. The van der Waals surface area contributed by atoms with E-state index in [1.165, 1.54) is 9.78 Å². The highest BCUT2D eigenvalue weighted by Crippen LogP contribution is 2.25. The average Bonchev–Trinajstić information content (AvgIpc) is 3.64. The van der Waals surface area contributed by atoms with Gasteiger partial charge in [-0.25, -0.2) is 0 Å². The Balaban J connectivity index is 1.53. The molecule has 2 aromatic carbocycles. The fourth-order valence-corrected chi connectivity index (χ4v) is 5.55. The molecule has 8 heteroatoms. The number of nitrogens with zero attached hydrogens (tertiary/aromatic N) is 1. The summed E-state index contributed by atoms with van der Waals surface area (Å²) < 4.78 is 0. The number of carbonyl (C=O) groups is 3. The molecule has 0 aliphatic carbocycles. The molecule has 0 radical (unpaired) electrons. The number of hydrogen-bond donors (Lipinski definition) is 3. The minimum Gasteiger partial charge on any atom is -0.354 e. The minimum absolute atomic E-state index is 0.258. The van der Waals surface area contributed by atoms with Crippen molar-refractivity contribution in [3.8, 4) is 0 Å². The molecule has 4 rings (SSSR count). The third-order valence-corrected chi connectivity index (χ3v) is 7.90. The summed E-state index contributed by atoms with van der Waals surface area (Å²) in [6, 6.07) is 16.8. The number of amides is 3. The van der Waals surface area contributed by atoms with E-state index in [4.69, 9.17) is 0 Å². The Labute approximate surface area is 235 Å². The Morgan fingerprint density at radius 1 is 1.05 bits per heavy atom. The molecule has 1 aliphatic heterocycles. The summed E-state index contributed by atoms with van der Waals surface area (Å²) in [5.74, 6) is -0.948. The quantitative estimate of drug-likeness (QED) is 0.312. The largest absolute Gasteiger partial charge is 0.354 e. The molecule has 0 spiro atoms. The SMILES string of the molecule is CC(C)(C)C(=O)N(C(=O)[C@@H]1CCCN1)[C@H](Cc1ccc2ccccc2c1)C(=O)NCCCNCc1cccs1. The van der Waals surface area contributed by atoms with Crippen LogP contribution in [0, 0.1) is 5.41 Å². The van der Waals surface area contributed by atoms with E-state index < -0.39 is 17.5 Å². The summed E-state index contributed by atoms with van der Waals surface area (Å²) in [7, 11) is 0. The minimum atomic E-state index is -0.938. The average molecular weight is 549 g/mol. The lowest BCUT2D eigenvalue weighted by Crippen LogP contribution is -2.59. The van der Waals surface area contributed by atoms with Crippen LogP contribution in [0.1, 0.15) is 50.5 Å². The Bertz CT molecular complexity index is 1260. The maximum atomic E-state index is 13.8. The Morgan fingerprint density at radius 2 is 1.85 bits per heavy atom. The van der Waals surface area contributed by atoms with Gasteiger partial charge in [-0.2, -0.15) is 0 Å². The predicted molar refractivity (Wildman–Crippen MR) is 157 cm³/mol. The number of hydrogen-bond acceptors (Lipinski definition) is 6. The van der Waals surface area contributed by atoms with E-state index in [0.29, 0.717) is 13.0 Å². The number of imide groups is 1. The van der Waals surface area contributed by atoms with Gasteiger partial charge in [-0.1, -0.05) is 69.3 Å². The molecule has 3 N–H and O–H groups in total. The van der Waals surface area contributed by atoms with Gasteiger partial charge in [-0.3, -0.25) is 19.3 Å². The zero-order chi connectivity index (χ0) is 27.8. The second kappa shape index (κ2) is 13.3. The van der Waals surface area contributed by atoms with Crippen LogP contribution in [-0.2, 0) is 27.3 Å². The highest BCUT2D eigenvalue weighted by atomic mass is 32.1. The topological polar surface area (TPSA) is 90.5 Å². The molecule has 1 fully saturated rings. The molecule has 1 aromatic heterocycles. The summed E-state index contributed by atoms with van der Waals surface area (Å²) >= 11 is 1.71. The van der Waals surface area contributed by atoms with Crippen molar-refractivity contribution in [1.82, 2.24) is 20.9 Å². The zero-order valence-electron chi connectivity index (χ0n) is 23.2. The molecule has 2 heterocycles. The third kappa shape index (κ3) is 7.75. The first-order chi connectivity index (χ1) is 18.7. The molecule has 0 unspecified atom stereocenters. The number of thiophene rings is 1. The van der Waals surface area contributed by atoms with Crippen molar-refractivity contribution in [2.24, 2.45) is 5.41 Å². The van der Waals surface area contributed by atoms with Crippen molar-refractivity contribution in [3.05, 3.63) is 70.4 Å². The summed E-state index contributed by atoms with van der Waals surface area (Å²) in [4.78, 5) is 43.7. The van der Waals surface area contributed by atoms with Gasteiger partial charge >= 0.3 is 0 Å². The molecular formula is C31H40N4O3S. The number of benzene rings is 2. The molecule has 0 bridgehead atoms. The molecule has 7 nitrogen and oxygen atoms in total. The van der Waals surface area contributed by atoms with Crippen LogP contribution in [0.15, 0.2) is 60.0 Å². The third-order valence-electron chi connectivity index (χ3n) is 7.02. The Kier molecular flexibility index (Phi) is 9.88. The lowest BCUT2D eigenvalue weighted by atomic mass is 9.91. The first-order valence-electron chi connectivity index (χ1n) is 13.8. The second-order valence-corrected chi connectivity index (χ2v) is 12.2. The van der Waals surface area contributed by atoms with E-state index in [0.717, 1.165) is 48.8 Å². The fourth-order valence-electron chi connectivity index (χ4n) is 4.88. The highest BCUT2D eigenvalue weighted by molar-refractivity contribution is 7.09. The van der Waals surface area contributed by atoms with Crippen LogP contribution >= 0.6 is 11.3 Å². The van der Waals surface area contributed by atoms with E-state index in [1.54, 1.807) is 32.1 Å². The second-order valence-electron chi connectivity index (χ2n) is 11.2. The van der Waals surface area contributed by atoms with Crippen LogP contribution in [0.4, 0.5) is 0 Å². The molecule has 1 saturated heterocycles. The van der Waals surface area contributed by atoms with Gasteiger partial charge in [-0.05, 0) is 60.1 Å². The van der Waals surface area contributed by atoms with Crippen LogP contribution in [0.5, 0.6) is 0 Å². The van der Waals surface area contributed by atoms with E-state index in [2.05, 4.69) is 27.4 Å². The molecule has 2 atom stereocenters. The summed E-state index contributed by atoms with van der Waals surface area (Å²) in [5, 5.41) is 13.9. The van der Waals surface area contributed by atoms with Crippen LogP contribution in [0.2, 0.25) is 0 Å². The van der Waals surface area contributed by atoms with Gasteiger partial charge in [0.1, 0.15) is 6.04 Å². The maximum Gasteiger partial charge on any atom is 0.247 e. The van der Waals surface area contributed by atoms with E-state index in [1.807, 2.05) is 48.5 Å². The molecule has 1 aliphatic rings. The Hall–Kier alpha value is -3.07. The van der Waals surface area contributed by atoms with Crippen molar-refractivity contribution in [2.75, 3.05) is 19.6 Å². The molecule has 3 amide bonds. The molecule has 208 valence electrons. The van der Waals surface area contributed by atoms with Crippen LogP contribution in [0.25, 0.3) is 10.8 Å². The Morgan fingerprint density at radius 3 is 2.54 bits per heavy atom. The molecule has 3 aromatic rings. The summed E-state index contributed by atoms with van der Waals surface area (Å²) in [6.45, 7) is 8.12. The zero-order valence-corrected chi connectivity index (χ0v) is 24.0. The molecule has 39 heavy (non-hydrogen) atoms. The number of nitrogens with one attached hydrogen (secondary N) is 3. The van der Waals surface area contributed by atoms with Gasteiger partial charge in [0.05, 0.1) is 6.04 Å². The van der Waals surface area contributed by atoms with Crippen molar-refractivity contribution >= 4 is 39.8 Å². The first-order valence-corrected chi connectivity index (χ1v) is 14.7. The molecular weight excluding hydrogens is 508 g/mol. The van der Waals surface area contributed by atoms with Gasteiger partial charge in [0.2, 0.25) is 17.7 Å². The van der Waals surface area contributed by atoms with E-state index in [-0.39, 0.29) is 24.1 Å². The number of fused-ring (bicyclic) bond motifs is 1. The van der Waals surface area contributed by atoms with Gasteiger partial charge < -0.3 is 16.0 Å². The van der Waals surface area contributed by atoms with E-state index >= 15 is 0 Å². The normalized spacial score (nSPS) is 16.2. The first kappa shape index (κ1) is 28.9. The van der Waals surface area contributed by atoms with Gasteiger partial charge in [-0.15, -0.1) is 11.3 Å². The maximum absolute atomic E-state index is 13.8. The lowest BCUT2D eigenvalue weighted by Gasteiger charge is -2.35. The van der Waals surface area contributed by atoms with Gasteiger partial charge in [0.25, 0.3) is 0 Å². The fraction of sp³-hybridized carbons (Fsp3) is 0.452. The molecule has 0 saturated carbocycles. The van der Waals surface area contributed by atoms with Crippen LogP contribution in [0.3, 0.4) is 0 Å². The van der Waals surface area contributed by atoms with E-state index in [9.17, 15) is 14.4 Å². The number of rotatable bonds is 11. The lowest BCUT2D eigenvalue weighted by molar-refractivity contribution is -0.157. The van der Waals surface area contributed by atoms with Crippen molar-refractivity contribution in [1.29, 1.82) is 0 Å².